The molecular weight excluding hydrogens is 293 g/mol. The van der Waals surface area contributed by atoms with Crippen LogP contribution in [-0.4, -0.2) is 31.7 Å². The van der Waals surface area contributed by atoms with E-state index in [9.17, 15) is 4.79 Å². The normalized spacial score (nSPS) is 15.1. The number of amides is 1. The van der Waals surface area contributed by atoms with E-state index >= 15 is 0 Å². The zero-order chi connectivity index (χ0) is 9.97. The molecule has 0 aliphatic carbocycles. The number of rotatable bonds is 1. The Morgan fingerprint density at radius 1 is 1.64 bits per heavy atom. The summed E-state index contributed by atoms with van der Waals surface area (Å²) in [7, 11) is 0. The summed E-state index contributed by atoms with van der Waals surface area (Å²) in [6.07, 6.45) is 4.25. The van der Waals surface area contributed by atoms with Crippen LogP contribution in [0.4, 0.5) is 0 Å². The van der Waals surface area contributed by atoms with Crippen molar-refractivity contribution in [1.82, 2.24) is 14.9 Å². The lowest BCUT2D eigenvalue weighted by molar-refractivity contribution is -0.129. The van der Waals surface area contributed by atoms with Crippen LogP contribution in [-0.2, 0) is 17.8 Å². The van der Waals surface area contributed by atoms with Crippen LogP contribution in [0.25, 0.3) is 0 Å². The third-order valence-electron chi connectivity index (χ3n) is 2.34. The van der Waals surface area contributed by atoms with Crippen LogP contribution in [0.5, 0.6) is 0 Å². The van der Waals surface area contributed by atoms with Crippen molar-refractivity contribution in [2.75, 3.05) is 11.0 Å². The summed E-state index contributed by atoms with van der Waals surface area (Å²) in [5.74, 6) is 0.190. The van der Waals surface area contributed by atoms with Crippen LogP contribution in [0.2, 0.25) is 0 Å². The van der Waals surface area contributed by atoms with Crippen LogP contribution in [0.1, 0.15) is 11.3 Å². The minimum Gasteiger partial charge on any atom is -0.336 e. The molecule has 1 aromatic heterocycles. The number of carbonyl (C=O) groups is 1. The minimum absolute atomic E-state index is 0.190. The Bertz CT molecular complexity index is 356. The van der Waals surface area contributed by atoms with E-state index in [1.165, 1.54) is 11.9 Å². The molecule has 1 aliphatic rings. The largest absolute Gasteiger partial charge is 0.336 e. The van der Waals surface area contributed by atoms with Crippen LogP contribution in [0.3, 0.4) is 0 Å². The van der Waals surface area contributed by atoms with Gasteiger partial charge in [0.1, 0.15) is 6.33 Å². The van der Waals surface area contributed by atoms with Gasteiger partial charge in [0, 0.05) is 12.7 Å². The maximum atomic E-state index is 11.5. The van der Waals surface area contributed by atoms with Crippen LogP contribution in [0, 0.1) is 0 Å². The Morgan fingerprint density at radius 2 is 2.50 bits per heavy atom. The first kappa shape index (κ1) is 9.82. The van der Waals surface area contributed by atoms with E-state index in [0.717, 1.165) is 18.7 Å². The molecule has 0 fully saturated rings. The van der Waals surface area contributed by atoms with Gasteiger partial charge in [-0.2, -0.15) is 0 Å². The number of fused-ring (bicyclic) bond motifs is 1. The SMILES string of the molecule is O=C(CI)N1CCc2cncnc2C1. The highest BCUT2D eigenvalue weighted by Crippen LogP contribution is 2.15. The van der Waals surface area contributed by atoms with E-state index in [2.05, 4.69) is 32.6 Å². The zero-order valence-corrected chi connectivity index (χ0v) is 9.77. The molecule has 0 saturated carbocycles. The van der Waals surface area contributed by atoms with Crippen molar-refractivity contribution in [2.45, 2.75) is 13.0 Å². The number of carbonyl (C=O) groups excluding carboxylic acids is 1. The van der Waals surface area contributed by atoms with E-state index < -0.39 is 0 Å². The van der Waals surface area contributed by atoms with Gasteiger partial charge in [-0.25, -0.2) is 9.97 Å². The van der Waals surface area contributed by atoms with Crippen molar-refractivity contribution in [3.63, 3.8) is 0 Å². The number of nitrogens with zero attached hydrogens (tertiary/aromatic N) is 3. The second-order valence-corrected chi connectivity index (χ2v) is 3.96. The third-order valence-corrected chi connectivity index (χ3v) is 2.99. The summed E-state index contributed by atoms with van der Waals surface area (Å²) < 4.78 is 0.540. The second kappa shape index (κ2) is 4.20. The molecule has 0 unspecified atom stereocenters. The van der Waals surface area contributed by atoms with Crippen molar-refractivity contribution in [1.29, 1.82) is 0 Å². The van der Waals surface area contributed by atoms with E-state index in [-0.39, 0.29) is 5.91 Å². The monoisotopic (exact) mass is 303 g/mol. The molecule has 74 valence electrons. The molecule has 0 atom stereocenters. The number of halogens is 1. The molecule has 0 spiro atoms. The molecule has 2 heterocycles. The fourth-order valence-electron chi connectivity index (χ4n) is 1.55. The first-order valence-electron chi connectivity index (χ1n) is 4.42. The van der Waals surface area contributed by atoms with Crippen LogP contribution >= 0.6 is 22.6 Å². The Balaban J connectivity index is 2.17. The maximum absolute atomic E-state index is 11.5. The molecule has 0 bridgehead atoms. The van der Waals surface area contributed by atoms with Gasteiger partial charge in [-0.1, -0.05) is 22.6 Å². The molecule has 1 aliphatic heterocycles. The van der Waals surface area contributed by atoms with Gasteiger partial charge in [-0.15, -0.1) is 0 Å². The lowest BCUT2D eigenvalue weighted by Crippen LogP contribution is -2.37. The predicted octanol–water partition coefficient (Wildman–Crippen LogP) is 0.796. The molecule has 1 amide bonds. The molecule has 4 nitrogen and oxygen atoms in total. The summed E-state index contributed by atoms with van der Waals surface area (Å²) in [5.41, 5.74) is 2.16. The average molecular weight is 303 g/mol. The summed E-state index contributed by atoms with van der Waals surface area (Å²) >= 11 is 2.09. The quantitative estimate of drug-likeness (QED) is 0.569. The van der Waals surface area contributed by atoms with Gasteiger partial charge in [0.25, 0.3) is 0 Å². The van der Waals surface area contributed by atoms with Gasteiger partial charge in [-0.3, -0.25) is 4.79 Å². The molecule has 0 radical (unpaired) electrons. The number of hydrogen-bond donors (Lipinski definition) is 0. The zero-order valence-electron chi connectivity index (χ0n) is 7.61. The van der Waals surface area contributed by atoms with Crippen LogP contribution in [0.15, 0.2) is 12.5 Å². The lowest BCUT2D eigenvalue weighted by Gasteiger charge is -2.27. The standard InChI is InChI=1S/C9H10IN3O/c10-3-9(14)13-2-1-7-4-11-6-12-8(7)5-13/h4,6H,1-3,5H2. The van der Waals surface area contributed by atoms with Crippen LogP contribution < -0.4 is 0 Å². The molecular formula is C9H10IN3O. The highest BCUT2D eigenvalue weighted by Gasteiger charge is 2.20. The van der Waals surface area contributed by atoms with E-state index in [0.29, 0.717) is 11.0 Å². The van der Waals surface area contributed by atoms with Crippen molar-refractivity contribution >= 4 is 28.5 Å². The van der Waals surface area contributed by atoms with Gasteiger partial charge in [0.2, 0.25) is 5.91 Å². The van der Waals surface area contributed by atoms with Gasteiger partial charge in [0.05, 0.1) is 16.7 Å². The first-order valence-corrected chi connectivity index (χ1v) is 5.95. The summed E-state index contributed by atoms with van der Waals surface area (Å²) in [6, 6.07) is 0. The van der Waals surface area contributed by atoms with E-state index in [1.54, 1.807) is 0 Å². The molecule has 1 aromatic rings. The van der Waals surface area contributed by atoms with Gasteiger partial charge in [-0.05, 0) is 12.0 Å². The fraction of sp³-hybridized carbons (Fsp3) is 0.444. The minimum atomic E-state index is 0.190. The summed E-state index contributed by atoms with van der Waals surface area (Å²) in [4.78, 5) is 21.5. The van der Waals surface area contributed by atoms with Crippen molar-refractivity contribution in [2.24, 2.45) is 0 Å². The average Bonchev–Trinajstić information content (AvgIpc) is 2.27. The van der Waals surface area contributed by atoms with E-state index in [4.69, 9.17) is 0 Å². The highest BCUT2D eigenvalue weighted by atomic mass is 127. The van der Waals surface area contributed by atoms with Crippen molar-refractivity contribution < 1.29 is 4.79 Å². The molecule has 2 rings (SSSR count). The smallest absolute Gasteiger partial charge is 0.232 e. The van der Waals surface area contributed by atoms with Gasteiger partial charge >= 0.3 is 0 Å². The van der Waals surface area contributed by atoms with E-state index in [1.807, 2.05) is 11.1 Å². The number of hydrogen-bond acceptors (Lipinski definition) is 3. The van der Waals surface area contributed by atoms with Crippen molar-refractivity contribution in [3.05, 3.63) is 23.8 Å². The van der Waals surface area contributed by atoms with Crippen molar-refractivity contribution in [3.8, 4) is 0 Å². The maximum Gasteiger partial charge on any atom is 0.232 e. The number of alkyl halides is 1. The fourth-order valence-corrected chi connectivity index (χ4v) is 2.03. The number of aromatic nitrogens is 2. The Labute approximate surface area is 95.9 Å². The molecule has 0 saturated heterocycles. The Hall–Kier alpha value is -0.720. The Kier molecular flexibility index (Phi) is 2.95. The lowest BCUT2D eigenvalue weighted by atomic mass is 10.1. The molecule has 14 heavy (non-hydrogen) atoms. The molecule has 5 heteroatoms. The summed E-state index contributed by atoms with van der Waals surface area (Å²) in [6.45, 7) is 1.43. The third kappa shape index (κ3) is 1.87. The Morgan fingerprint density at radius 3 is 3.29 bits per heavy atom. The van der Waals surface area contributed by atoms with Gasteiger partial charge in [0.15, 0.2) is 0 Å². The highest BCUT2D eigenvalue weighted by molar-refractivity contribution is 14.1. The summed E-state index contributed by atoms with van der Waals surface area (Å²) in [5, 5.41) is 0. The second-order valence-electron chi connectivity index (χ2n) is 3.19. The first-order chi connectivity index (χ1) is 6.81. The van der Waals surface area contributed by atoms with Gasteiger partial charge < -0.3 is 4.90 Å². The topological polar surface area (TPSA) is 46.1 Å². The predicted molar refractivity (Wildman–Crippen MR) is 60.0 cm³/mol. The molecule has 0 aromatic carbocycles. The molecule has 0 N–H and O–H groups in total.